The highest BCUT2D eigenvalue weighted by Gasteiger charge is 2.26. The standard InChI is InChI=1S/C18H23N3O2/c1-20(2)18(22)13-8-10-21(11-9-13)17-7-4-14-12-15(23-3)5-6-16(14)19-17/h4-7,12-13H,8-11H2,1-3H3. The number of carbonyl (C=O) groups excluding carboxylic acids is 1. The maximum atomic E-state index is 12.1. The highest BCUT2D eigenvalue weighted by molar-refractivity contribution is 5.82. The van der Waals surface area contributed by atoms with Crippen LogP contribution in [0.5, 0.6) is 5.75 Å². The van der Waals surface area contributed by atoms with Crippen LogP contribution in [0.15, 0.2) is 30.3 Å². The zero-order chi connectivity index (χ0) is 16.4. The maximum absolute atomic E-state index is 12.1. The minimum Gasteiger partial charge on any atom is -0.497 e. The number of piperidine rings is 1. The molecule has 0 saturated carbocycles. The SMILES string of the molecule is COc1ccc2nc(N3CCC(C(=O)N(C)C)CC3)ccc2c1. The van der Waals surface area contributed by atoms with E-state index < -0.39 is 0 Å². The fraction of sp³-hybridized carbons (Fsp3) is 0.444. The molecule has 1 amide bonds. The number of fused-ring (bicyclic) bond motifs is 1. The monoisotopic (exact) mass is 313 g/mol. The predicted octanol–water partition coefficient (Wildman–Crippen LogP) is 2.55. The van der Waals surface area contributed by atoms with Crippen molar-refractivity contribution in [2.45, 2.75) is 12.8 Å². The Morgan fingerprint density at radius 1 is 1.22 bits per heavy atom. The average molecular weight is 313 g/mol. The summed E-state index contributed by atoms with van der Waals surface area (Å²) in [6.07, 6.45) is 1.78. The molecule has 1 aliphatic rings. The van der Waals surface area contributed by atoms with Crippen LogP contribution in [0.2, 0.25) is 0 Å². The van der Waals surface area contributed by atoms with Gasteiger partial charge in [0, 0.05) is 38.5 Å². The lowest BCUT2D eigenvalue weighted by Gasteiger charge is -2.33. The van der Waals surface area contributed by atoms with Gasteiger partial charge in [-0.1, -0.05) is 0 Å². The van der Waals surface area contributed by atoms with Crippen molar-refractivity contribution in [3.63, 3.8) is 0 Å². The molecule has 0 radical (unpaired) electrons. The minimum atomic E-state index is 0.144. The van der Waals surface area contributed by atoms with E-state index in [1.54, 1.807) is 12.0 Å². The Bertz CT molecular complexity index is 706. The van der Waals surface area contributed by atoms with E-state index in [-0.39, 0.29) is 11.8 Å². The Morgan fingerprint density at radius 2 is 1.96 bits per heavy atom. The van der Waals surface area contributed by atoms with Gasteiger partial charge in [-0.3, -0.25) is 4.79 Å². The van der Waals surface area contributed by atoms with Crippen LogP contribution in [0, 0.1) is 5.92 Å². The van der Waals surface area contributed by atoms with Crippen molar-refractivity contribution < 1.29 is 9.53 Å². The molecule has 1 aliphatic heterocycles. The third-order valence-corrected chi connectivity index (χ3v) is 4.49. The molecule has 0 N–H and O–H groups in total. The third-order valence-electron chi connectivity index (χ3n) is 4.49. The van der Waals surface area contributed by atoms with E-state index in [4.69, 9.17) is 9.72 Å². The molecule has 23 heavy (non-hydrogen) atoms. The molecule has 1 aromatic heterocycles. The van der Waals surface area contributed by atoms with Gasteiger partial charge in [0.05, 0.1) is 12.6 Å². The Balaban J connectivity index is 1.73. The van der Waals surface area contributed by atoms with E-state index in [0.717, 1.165) is 48.4 Å². The summed E-state index contributed by atoms with van der Waals surface area (Å²) >= 11 is 0. The van der Waals surface area contributed by atoms with Gasteiger partial charge in [0.2, 0.25) is 5.91 Å². The van der Waals surface area contributed by atoms with Crippen LogP contribution in [0.1, 0.15) is 12.8 Å². The smallest absolute Gasteiger partial charge is 0.225 e. The second-order valence-electron chi connectivity index (χ2n) is 6.22. The quantitative estimate of drug-likeness (QED) is 0.873. The van der Waals surface area contributed by atoms with E-state index >= 15 is 0 Å². The molecule has 0 atom stereocenters. The first-order chi connectivity index (χ1) is 11.1. The number of pyridine rings is 1. The van der Waals surface area contributed by atoms with Crippen molar-refractivity contribution in [1.82, 2.24) is 9.88 Å². The molecule has 0 bridgehead atoms. The molecule has 2 aromatic rings. The van der Waals surface area contributed by atoms with E-state index in [0.29, 0.717) is 0 Å². The lowest BCUT2D eigenvalue weighted by Crippen LogP contribution is -2.40. The van der Waals surface area contributed by atoms with E-state index in [1.807, 2.05) is 32.3 Å². The van der Waals surface area contributed by atoms with Gasteiger partial charge < -0.3 is 14.5 Å². The number of nitrogens with zero attached hydrogens (tertiary/aromatic N) is 3. The summed E-state index contributed by atoms with van der Waals surface area (Å²) in [6, 6.07) is 10.0. The zero-order valence-electron chi connectivity index (χ0n) is 14.0. The second kappa shape index (κ2) is 6.44. The van der Waals surface area contributed by atoms with Gasteiger partial charge in [-0.2, -0.15) is 0 Å². The van der Waals surface area contributed by atoms with Crippen molar-refractivity contribution in [1.29, 1.82) is 0 Å². The third kappa shape index (κ3) is 3.23. The van der Waals surface area contributed by atoms with Crippen molar-refractivity contribution >= 4 is 22.6 Å². The summed E-state index contributed by atoms with van der Waals surface area (Å²) < 4.78 is 5.25. The lowest BCUT2D eigenvalue weighted by atomic mass is 9.95. The summed E-state index contributed by atoms with van der Waals surface area (Å²) in [7, 11) is 5.32. The lowest BCUT2D eigenvalue weighted by molar-refractivity contribution is -0.133. The highest BCUT2D eigenvalue weighted by Crippen LogP contribution is 2.26. The Morgan fingerprint density at radius 3 is 2.61 bits per heavy atom. The summed E-state index contributed by atoms with van der Waals surface area (Å²) in [5, 5.41) is 1.07. The molecular weight excluding hydrogens is 290 g/mol. The number of benzene rings is 1. The van der Waals surface area contributed by atoms with Crippen molar-refractivity contribution in [2.75, 3.05) is 39.2 Å². The van der Waals surface area contributed by atoms with Crippen LogP contribution in [0.25, 0.3) is 10.9 Å². The van der Waals surface area contributed by atoms with Gasteiger partial charge in [-0.15, -0.1) is 0 Å². The molecule has 1 fully saturated rings. The molecule has 1 aromatic carbocycles. The number of ether oxygens (including phenoxy) is 1. The maximum Gasteiger partial charge on any atom is 0.225 e. The molecule has 5 heteroatoms. The van der Waals surface area contributed by atoms with Crippen molar-refractivity contribution in [3.8, 4) is 5.75 Å². The molecule has 0 unspecified atom stereocenters. The normalized spacial score (nSPS) is 15.7. The van der Waals surface area contributed by atoms with Gasteiger partial charge >= 0.3 is 0 Å². The number of hydrogen-bond donors (Lipinski definition) is 0. The Kier molecular flexibility index (Phi) is 4.37. The van der Waals surface area contributed by atoms with Crippen LogP contribution in [-0.4, -0.2) is 50.1 Å². The highest BCUT2D eigenvalue weighted by atomic mass is 16.5. The Hall–Kier alpha value is -2.30. The largest absolute Gasteiger partial charge is 0.497 e. The van der Waals surface area contributed by atoms with Gasteiger partial charge in [0.1, 0.15) is 11.6 Å². The number of aromatic nitrogens is 1. The van der Waals surface area contributed by atoms with E-state index in [2.05, 4.69) is 17.0 Å². The van der Waals surface area contributed by atoms with E-state index in [1.165, 1.54) is 0 Å². The van der Waals surface area contributed by atoms with Gasteiger partial charge in [-0.05, 0) is 43.2 Å². The summed E-state index contributed by atoms with van der Waals surface area (Å²) in [5.74, 6) is 2.21. The topological polar surface area (TPSA) is 45.7 Å². The predicted molar refractivity (Wildman–Crippen MR) is 91.9 cm³/mol. The van der Waals surface area contributed by atoms with Gasteiger partial charge in [0.25, 0.3) is 0 Å². The Labute approximate surface area is 136 Å². The number of methoxy groups -OCH3 is 1. The molecule has 0 spiro atoms. The summed E-state index contributed by atoms with van der Waals surface area (Å²) in [5.41, 5.74) is 0.967. The van der Waals surface area contributed by atoms with Crippen LogP contribution in [0.4, 0.5) is 5.82 Å². The molecule has 1 saturated heterocycles. The first kappa shape index (κ1) is 15.6. The number of hydrogen-bond acceptors (Lipinski definition) is 4. The number of rotatable bonds is 3. The first-order valence-corrected chi connectivity index (χ1v) is 7.99. The number of anilines is 1. The molecule has 122 valence electrons. The molecule has 3 rings (SSSR count). The average Bonchev–Trinajstić information content (AvgIpc) is 2.60. The summed E-state index contributed by atoms with van der Waals surface area (Å²) in [4.78, 5) is 20.8. The van der Waals surface area contributed by atoms with Crippen LogP contribution >= 0.6 is 0 Å². The van der Waals surface area contributed by atoms with Gasteiger partial charge in [0.15, 0.2) is 0 Å². The van der Waals surface area contributed by atoms with E-state index in [9.17, 15) is 4.79 Å². The summed E-state index contributed by atoms with van der Waals surface area (Å²) in [6.45, 7) is 1.75. The van der Waals surface area contributed by atoms with Gasteiger partial charge in [-0.25, -0.2) is 4.98 Å². The second-order valence-corrected chi connectivity index (χ2v) is 6.22. The zero-order valence-corrected chi connectivity index (χ0v) is 14.0. The van der Waals surface area contributed by atoms with Crippen LogP contribution in [-0.2, 0) is 4.79 Å². The van der Waals surface area contributed by atoms with Crippen molar-refractivity contribution in [3.05, 3.63) is 30.3 Å². The van der Waals surface area contributed by atoms with Crippen molar-refractivity contribution in [2.24, 2.45) is 5.92 Å². The molecular formula is C18H23N3O2. The fourth-order valence-electron chi connectivity index (χ4n) is 3.12. The minimum absolute atomic E-state index is 0.144. The van der Waals surface area contributed by atoms with Crippen LogP contribution < -0.4 is 9.64 Å². The molecule has 2 heterocycles. The van der Waals surface area contributed by atoms with Crippen LogP contribution in [0.3, 0.4) is 0 Å². The number of carbonyl (C=O) groups is 1. The molecule has 5 nitrogen and oxygen atoms in total. The molecule has 0 aliphatic carbocycles. The number of amides is 1. The first-order valence-electron chi connectivity index (χ1n) is 7.99. The fourth-order valence-corrected chi connectivity index (χ4v) is 3.12.